The Kier molecular flexibility index (Phi) is 14.9. The van der Waals surface area contributed by atoms with Gasteiger partial charge in [0.15, 0.2) is 0 Å². The SMILES string of the molecule is CCCCC(CC)Cc1ccc2c(c1C(=O)[O-])Cc1ccccc1O2.CCCCC(CC)Cc1ccc2c(c1C(=O)[O-])Cc1ccccc1O2.[Zn+2]. The van der Waals surface area contributed by atoms with E-state index in [0.717, 1.165) is 83.4 Å². The Hall–Kier alpha value is -3.96. The van der Waals surface area contributed by atoms with Crippen molar-refractivity contribution < 1.29 is 48.8 Å². The van der Waals surface area contributed by atoms with Crippen LogP contribution in [0.2, 0.25) is 0 Å². The minimum absolute atomic E-state index is 0. The normalized spacial score (nSPS) is 13.3. The molecule has 0 aromatic heterocycles. The molecule has 2 aliphatic rings. The van der Waals surface area contributed by atoms with E-state index in [1.807, 2.05) is 72.8 Å². The van der Waals surface area contributed by atoms with Crippen molar-refractivity contribution in [2.24, 2.45) is 11.8 Å². The molecule has 2 heterocycles. The summed E-state index contributed by atoms with van der Waals surface area (Å²) in [4.78, 5) is 23.8. The molecule has 51 heavy (non-hydrogen) atoms. The summed E-state index contributed by atoms with van der Waals surface area (Å²) < 4.78 is 11.9. The number of para-hydroxylation sites is 2. The van der Waals surface area contributed by atoms with E-state index in [9.17, 15) is 19.8 Å². The Morgan fingerprint density at radius 2 is 0.980 bits per heavy atom. The van der Waals surface area contributed by atoms with Gasteiger partial charge in [-0.3, -0.25) is 0 Å². The summed E-state index contributed by atoms with van der Waals surface area (Å²) in [5.74, 6) is 1.72. The van der Waals surface area contributed by atoms with Crippen LogP contribution in [0.3, 0.4) is 0 Å². The van der Waals surface area contributed by atoms with Gasteiger partial charge in [0, 0.05) is 35.1 Å². The first-order valence-electron chi connectivity index (χ1n) is 18.5. The van der Waals surface area contributed by atoms with E-state index in [1.54, 1.807) is 0 Å². The molecular formula is C44H50O6Zn. The molecule has 2 unspecified atom stereocenters. The number of hydrogen-bond acceptors (Lipinski definition) is 6. The fraction of sp³-hybridized carbons (Fsp3) is 0.409. The third-order valence-electron chi connectivity index (χ3n) is 10.3. The fourth-order valence-electron chi connectivity index (χ4n) is 7.37. The number of hydrogen-bond donors (Lipinski definition) is 0. The largest absolute Gasteiger partial charge is 2.00 e. The minimum atomic E-state index is -1.10. The zero-order chi connectivity index (χ0) is 35.6. The fourth-order valence-corrected chi connectivity index (χ4v) is 7.37. The summed E-state index contributed by atoms with van der Waals surface area (Å²) in [6.07, 6.45) is 11.8. The van der Waals surface area contributed by atoms with Crippen LogP contribution in [-0.2, 0) is 45.2 Å². The second kappa shape index (κ2) is 19.0. The summed E-state index contributed by atoms with van der Waals surface area (Å²) in [5.41, 5.74) is 5.97. The molecule has 7 heteroatoms. The monoisotopic (exact) mass is 738 g/mol. The average molecular weight is 740 g/mol. The Labute approximate surface area is 316 Å². The van der Waals surface area contributed by atoms with Gasteiger partial charge in [0.25, 0.3) is 0 Å². The topological polar surface area (TPSA) is 98.7 Å². The number of carbonyl (C=O) groups excluding carboxylic acids is 2. The predicted octanol–water partition coefficient (Wildman–Crippen LogP) is 9.01. The van der Waals surface area contributed by atoms with Gasteiger partial charge in [-0.25, -0.2) is 0 Å². The third-order valence-corrected chi connectivity index (χ3v) is 10.3. The van der Waals surface area contributed by atoms with Crippen LogP contribution in [-0.4, -0.2) is 11.9 Å². The Morgan fingerprint density at radius 1 is 0.588 bits per heavy atom. The van der Waals surface area contributed by atoms with Gasteiger partial charge in [-0.2, -0.15) is 0 Å². The molecule has 4 aromatic rings. The van der Waals surface area contributed by atoms with Crippen LogP contribution >= 0.6 is 0 Å². The molecule has 0 amide bonds. The smallest absolute Gasteiger partial charge is 0.545 e. The van der Waals surface area contributed by atoms with E-state index in [1.165, 1.54) is 25.7 Å². The van der Waals surface area contributed by atoms with E-state index in [2.05, 4.69) is 27.7 Å². The minimum Gasteiger partial charge on any atom is -0.545 e. The molecule has 0 radical (unpaired) electrons. The summed E-state index contributed by atoms with van der Waals surface area (Å²) in [6.45, 7) is 8.73. The molecule has 0 fully saturated rings. The van der Waals surface area contributed by atoms with Gasteiger partial charge in [0.05, 0.1) is 11.9 Å². The van der Waals surface area contributed by atoms with Gasteiger partial charge in [-0.05, 0) is 71.2 Å². The Morgan fingerprint density at radius 3 is 1.33 bits per heavy atom. The summed E-state index contributed by atoms with van der Waals surface area (Å²) in [6, 6.07) is 23.2. The second-order valence-electron chi connectivity index (χ2n) is 13.7. The van der Waals surface area contributed by atoms with Crippen molar-refractivity contribution in [2.45, 2.75) is 105 Å². The van der Waals surface area contributed by atoms with E-state index >= 15 is 0 Å². The zero-order valence-corrected chi connectivity index (χ0v) is 33.7. The number of fused-ring (bicyclic) bond motifs is 4. The molecule has 2 aliphatic heterocycles. The molecular weight excluding hydrogens is 690 g/mol. The van der Waals surface area contributed by atoms with Crippen LogP contribution in [0.1, 0.15) is 133 Å². The maximum absolute atomic E-state index is 11.9. The Balaban J connectivity index is 0.000000224. The maximum atomic E-state index is 11.9. The Bertz CT molecular complexity index is 1670. The molecule has 0 saturated heterocycles. The molecule has 0 spiro atoms. The quantitative estimate of drug-likeness (QED) is 0.103. The molecule has 4 aromatic carbocycles. The van der Waals surface area contributed by atoms with Crippen LogP contribution in [0.25, 0.3) is 0 Å². The molecule has 0 aliphatic carbocycles. The molecule has 0 bridgehead atoms. The molecule has 0 saturated carbocycles. The van der Waals surface area contributed by atoms with Crippen LogP contribution in [0.4, 0.5) is 0 Å². The van der Waals surface area contributed by atoms with Gasteiger partial charge >= 0.3 is 19.5 Å². The summed E-state index contributed by atoms with van der Waals surface area (Å²) in [5, 5.41) is 23.8. The van der Waals surface area contributed by atoms with Crippen molar-refractivity contribution in [3.8, 4) is 23.0 Å². The molecule has 0 N–H and O–H groups in total. The summed E-state index contributed by atoms with van der Waals surface area (Å²) >= 11 is 0. The van der Waals surface area contributed by atoms with Crippen molar-refractivity contribution in [1.29, 1.82) is 0 Å². The number of unbranched alkanes of at least 4 members (excludes halogenated alkanes) is 2. The molecule has 2 atom stereocenters. The van der Waals surface area contributed by atoms with Gasteiger partial charge in [0.1, 0.15) is 23.0 Å². The van der Waals surface area contributed by atoms with Crippen molar-refractivity contribution in [1.82, 2.24) is 0 Å². The number of benzene rings is 4. The van der Waals surface area contributed by atoms with Crippen LogP contribution in [0.5, 0.6) is 23.0 Å². The first-order valence-corrected chi connectivity index (χ1v) is 18.5. The van der Waals surface area contributed by atoms with E-state index in [0.29, 0.717) is 47.3 Å². The number of rotatable bonds is 14. The van der Waals surface area contributed by atoms with Gasteiger partial charge < -0.3 is 29.3 Å². The molecule has 264 valence electrons. The van der Waals surface area contributed by atoms with Crippen LogP contribution < -0.4 is 19.7 Å². The number of carboxylic acid groups (broad SMARTS) is 2. The van der Waals surface area contributed by atoms with Crippen molar-refractivity contribution in [2.75, 3.05) is 0 Å². The average Bonchev–Trinajstić information content (AvgIpc) is 3.12. The van der Waals surface area contributed by atoms with Crippen molar-refractivity contribution in [3.63, 3.8) is 0 Å². The van der Waals surface area contributed by atoms with Crippen LogP contribution in [0, 0.1) is 11.8 Å². The van der Waals surface area contributed by atoms with Crippen molar-refractivity contribution >= 4 is 11.9 Å². The maximum Gasteiger partial charge on any atom is 2.00 e. The number of ether oxygens (including phenoxy) is 2. The summed E-state index contributed by atoms with van der Waals surface area (Å²) in [7, 11) is 0. The standard InChI is InChI=1S/2C22H26O3.Zn/c2*1-3-5-8-15(4-2)13-17-11-12-20-18(21(17)22(23)24)14-16-9-6-7-10-19(16)25-20;/h2*6-7,9-12,15H,3-5,8,13-14H2,1-2H3,(H,23,24);/q;;+2/p-2. The third kappa shape index (κ3) is 9.68. The van der Waals surface area contributed by atoms with E-state index in [4.69, 9.17) is 9.47 Å². The van der Waals surface area contributed by atoms with Crippen LogP contribution in [0.15, 0.2) is 72.8 Å². The second-order valence-corrected chi connectivity index (χ2v) is 13.7. The van der Waals surface area contributed by atoms with Gasteiger partial charge in [-0.15, -0.1) is 0 Å². The van der Waals surface area contributed by atoms with Crippen molar-refractivity contribution in [3.05, 3.63) is 117 Å². The number of carbonyl (C=O) groups is 2. The predicted molar refractivity (Wildman–Crippen MR) is 194 cm³/mol. The number of carboxylic acids is 2. The van der Waals surface area contributed by atoms with Gasteiger partial charge in [0.2, 0.25) is 0 Å². The van der Waals surface area contributed by atoms with E-state index < -0.39 is 11.9 Å². The zero-order valence-electron chi connectivity index (χ0n) is 30.7. The number of aromatic carboxylic acids is 2. The molecule has 6 nitrogen and oxygen atoms in total. The van der Waals surface area contributed by atoms with E-state index in [-0.39, 0.29) is 19.5 Å². The molecule has 6 rings (SSSR count). The van der Waals surface area contributed by atoms with Gasteiger partial charge in [-0.1, -0.05) is 128 Å². The first kappa shape index (κ1) is 39.8. The first-order chi connectivity index (χ1) is 24.3.